The van der Waals surface area contributed by atoms with Crippen LogP contribution in [0.3, 0.4) is 0 Å². The largest absolute Gasteiger partial charge is 0.356 e. The number of rotatable bonds is 6. The maximum atomic E-state index is 12.2. The predicted molar refractivity (Wildman–Crippen MR) is 130 cm³/mol. The van der Waals surface area contributed by atoms with Gasteiger partial charge in [-0.25, -0.2) is 4.79 Å². The van der Waals surface area contributed by atoms with Crippen molar-refractivity contribution in [2.45, 2.75) is 6.92 Å². The maximum Gasteiger partial charge on any atom is 0.323 e. The summed E-state index contributed by atoms with van der Waals surface area (Å²) >= 11 is 0. The van der Waals surface area contributed by atoms with Crippen LogP contribution >= 0.6 is 0 Å². The van der Waals surface area contributed by atoms with Gasteiger partial charge in [0.1, 0.15) is 0 Å². The number of hydrogen-bond donors (Lipinski definition) is 4. The Morgan fingerprint density at radius 1 is 0.484 bits per heavy atom. The Balaban J connectivity index is 1.30. The molecule has 4 N–H and O–H groups in total. The van der Waals surface area contributed by atoms with Crippen LogP contribution < -0.4 is 21.3 Å². The average molecular weight is 409 g/mol. The zero-order valence-electron chi connectivity index (χ0n) is 17.2. The van der Waals surface area contributed by atoms with Gasteiger partial charge in [0, 0.05) is 34.1 Å². The number of carbonyl (C=O) groups is 1. The number of anilines is 6. The second kappa shape index (κ2) is 9.50. The zero-order chi connectivity index (χ0) is 21.5. The summed E-state index contributed by atoms with van der Waals surface area (Å²) in [5.74, 6) is 0. The van der Waals surface area contributed by atoms with E-state index in [1.807, 2.05) is 110 Å². The molecule has 0 spiro atoms. The first kappa shape index (κ1) is 20.0. The van der Waals surface area contributed by atoms with E-state index in [0.717, 1.165) is 39.7 Å². The molecule has 4 rings (SSSR count). The van der Waals surface area contributed by atoms with Gasteiger partial charge in [-0.2, -0.15) is 0 Å². The third-order valence-electron chi connectivity index (χ3n) is 4.69. The summed E-state index contributed by atoms with van der Waals surface area (Å²) in [6.07, 6.45) is 0. The van der Waals surface area contributed by atoms with E-state index < -0.39 is 0 Å². The van der Waals surface area contributed by atoms with Crippen molar-refractivity contribution < 1.29 is 4.79 Å². The molecule has 0 atom stereocenters. The van der Waals surface area contributed by atoms with E-state index in [0.29, 0.717) is 0 Å². The van der Waals surface area contributed by atoms with E-state index >= 15 is 0 Å². The van der Waals surface area contributed by atoms with Crippen LogP contribution in [0.15, 0.2) is 103 Å². The van der Waals surface area contributed by atoms with Crippen LogP contribution in [0.5, 0.6) is 0 Å². The number of aryl methyl sites for hydroxylation is 1. The third kappa shape index (κ3) is 5.87. The van der Waals surface area contributed by atoms with Crippen molar-refractivity contribution in [2.24, 2.45) is 0 Å². The molecule has 0 bridgehead atoms. The van der Waals surface area contributed by atoms with Crippen molar-refractivity contribution in [3.63, 3.8) is 0 Å². The maximum absolute atomic E-state index is 12.2. The summed E-state index contributed by atoms with van der Waals surface area (Å²) in [6, 6.07) is 33.1. The highest BCUT2D eigenvalue weighted by Gasteiger charge is 2.03. The Morgan fingerprint density at radius 3 is 1.29 bits per heavy atom. The molecule has 154 valence electrons. The number of urea groups is 1. The summed E-state index contributed by atoms with van der Waals surface area (Å²) in [4.78, 5) is 12.2. The van der Waals surface area contributed by atoms with Gasteiger partial charge in [-0.3, -0.25) is 0 Å². The SMILES string of the molecule is Cc1ccc(NC(=O)Nc2ccc(Nc3ccc(Nc4ccccc4)cc3)cc2)cc1. The lowest BCUT2D eigenvalue weighted by Gasteiger charge is -2.11. The van der Waals surface area contributed by atoms with Gasteiger partial charge in [0.15, 0.2) is 0 Å². The van der Waals surface area contributed by atoms with E-state index in [-0.39, 0.29) is 6.03 Å². The minimum Gasteiger partial charge on any atom is -0.356 e. The summed E-state index contributed by atoms with van der Waals surface area (Å²) in [6.45, 7) is 2.01. The van der Waals surface area contributed by atoms with E-state index in [1.165, 1.54) is 0 Å². The third-order valence-corrected chi connectivity index (χ3v) is 4.69. The molecule has 0 aliphatic rings. The highest BCUT2D eigenvalue weighted by atomic mass is 16.2. The first-order valence-corrected chi connectivity index (χ1v) is 10.1. The standard InChI is InChI=1S/C26H24N4O/c1-19-7-9-24(10-8-19)29-26(31)30-25-17-15-23(16-18-25)28-22-13-11-21(12-14-22)27-20-5-3-2-4-6-20/h2-18,27-28H,1H3,(H2,29,30,31). The Hall–Kier alpha value is -4.25. The fourth-order valence-corrected chi connectivity index (χ4v) is 3.06. The van der Waals surface area contributed by atoms with Crippen LogP contribution in [0.25, 0.3) is 0 Å². The topological polar surface area (TPSA) is 65.2 Å². The van der Waals surface area contributed by atoms with Gasteiger partial charge >= 0.3 is 6.03 Å². The summed E-state index contributed by atoms with van der Waals surface area (Å²) in [5.41, 5.74) is 6.62. The molecule has 5 nitrogen and oxygen atoms in total. The first-order chi connectivity index (χ1) is 15.1. The number of hydrogen-bond acceptors (Lipinski definition) is 3. The molecule has 0 heterocycles. The normalized spacial score (nSPS) is 10.2. The van der Waals surface area contributed by atoms with E-state index in [9.17, 15) is 4.79 Å². The van der Waals surface area contributed by atoms with Crippen molar-refractivity contribution in [3.8, 4) is 0 Å². The molecular formula is C26H24N4O. The minimum atomic E-state index is -0.272. The first-order valence-electron chi connectivity index (χ1n) is 10.1. The van der Waals surface area contributed by atoms with Gasteiger partial charge in [-0.15, -0.1) is 0 Å². The zero-order valence-corrected chi connectivity index (χ0v) is 17.2. The highest BCUT2D eigenvalue weighted by Crippen LogP contribution is 2.22. The second-order valence-corrected chi connectivity index (χ2v) is 7.22. The Kier molecular flexibility index (Phi) is 6.14. The number of para-hydroxylation sites is 1. The second-order valence-electron chi connectivity index (χ2n) is 7.22. The Bertz CT molecular complexity index is 1120. The summed E-state index contributed by atoms with van der Waals surface area (Å²) in [7, 11) is 0. The van der Waals surface area contributed by atoms with Gasteiger partial charge in [0.2, 0.25) is 0 Å². The van der Waals surface area contributed by atoms with E-state index in [4.69, 9.17) is 0 Å². The average Bonchev–Trinajstić information content (AvgIpc) is 2.79. The lowest BCUT2D eigenvalue weighted by molar-refractivity contribution is 0.262. The molecule has 0 fully saturated rings. The molecule has 2 amide bonds. The molecule has 0 aromatic heterocycles. The van der Waals surface area contributed by atoms with Crippen LogP contribution in [-0.4, -0.2) is 6.03 Å². The molecule has 0 saturated heterocycles. The lowest BCUT2D eigenvalue weighted by Crippen LogP contribution is -2.19. The number of carbonyl (C=O) groups excluding carboxylic acids is 1. The number of amides is 2. The smallest absolute Gasteiger partial charge is 0.323 e. The molecule has 0 saturated carbocycles. The molecule has 0 aliphatic heterocycles. The van der Waals surface area contributed by atoms with Crippen LogP contribution in [-0.2, 0) is 0 Å². The predicted octanol–water partition coefficient (Wildman–Crippen LogP) is 7.13. The van der Waals surface area contributed by atoms with Crippen molar-refractivity contribution in [1.82, 2.24) is 0 Å². The van der Waals surface area contributed by atoms with E-state index in [2.05, 4.69) is 21.3 Å². The summed E-state index contributed by atoms with van der Waals surface area (Å²) in [5, 5.41) is 12.4. The highest BCUT2D eigenvalue weighted by molar-refractivity contribution is 5.99. The lowest BCUT2D eigenvalue weighted by atomic mass is 10.2. The monoisotopic (exact) mass is 408 g/mol. The van der Waals surface area contributed by atoms with Gasteiger partial charge in [-0.1, -0.05) is 35.9 Å². The van der Waals surface area contributed by atoms with Crippen molar-refractivity contribution in [2.75, 3.05) is 21.3 Å². The van der Waals surface area contributed by atoms with Crippen molar-refractivity contribution in [3.05, 3.63) is 109 Å². The fraction of sp³-hybridized carbons (Fsp3) is 0.0385. The molecule has 4 aromatic carbocycles. The van der Waals surface area contributed by atoms with Crippen molar-refractivity contribution in [1.29, 1.82) is 0 Å². The van der Waals surface area contributed by atoms with Gasteiger partial charge in [0.25, 0.3) is 0 Å². The Morgan fingerprint density at radius 2 is 0.839 bits per heavy atom. The number of benzene rings is 4. The van der Waals surface area contributed by atoms with Crippen LogP contribution in [0.1, 0.15) is 5.56 Å². The van der Waals surface area contributed by atoms with Crippen molar-refractivity contribution >= 4 is 40.2 Å². The van der Waals surface area contributed by atoms with Crippen LogP contribution in [0, 0.1) is 6.92 Å². The number of nitrogens with one attached hydrogen (secondary N) is 4. The molecule has 0 unspecified atom stereocenters. The quantitative estimate of drug-likeness (QED) is 0.274. The molecule has 0 radical (unpaired) electrons. The molecule has 0 aliphatic carbocycles. The van der Waals surface area contributed by atoms with Gasteiger partial charge in [0.05, 0.1) is 0 Å². The molecule has 4 aromatic rings. The molecule has 5 heteroatoms. The van der Waals surface area contributed by atoms with Crippen LogP contribution in [0.4, 0.5) is 38.9 Å². The Labute approximate surface area is 182 Å². The van der Waals surface area contributed by atoms with Gasteiger partial charge in [-0.05, 0) is 79.7 Å². The van der Waals surface area contributed by atoms with E-state index in [1.54, 1.807) is 0 Å². The summed E-state index contributed by atoms with van der Waals surface area (Å²) < 4.78 is 0. The van der Waals surface area contributed by atoms with Crippen LogP contribution in [0.2, 0.25) is 0 Å². The minimum absolute atomic E-state index is 0.272. The van der Waals surface area contributed by atoms with Gasteiger partial charge < -0.3 is 21.3 Å². The fourth-order valence-electron chi connectivity index (χ4n) is 3.06. The molecule has 31 heavy (non-hydrogen) atoms. The molecular weight excluding hydrogens is 384 g/mol.